The second-order valence-electron chi connectivity index (χ2n) is 6.40. The Hall–Kier alpha value is -2.56. The number of hydrogen-bond donors (Lipinski definition) is 1. The van der Waals surface area contributed by atoms with E-state index >= 15 is 0 Å². The lowest BCUT2D eigenvalue weighted by atomic mass is 10.0. The Labute approximate surface area is 141 Å². The van der Waals surface area contributed by atoms with Gasteiger partial charge in [0.25, 0.3) is 0 Å². The molecule has 1 aliphatic rings. The number of nitrogens with one attached hydrogen (secondary N) is 1. The molecule has 2 heterocycles. The topological polar surface area (TPSA) is 62.6 Å². The minimum absolute atomic E-state index is 0.00179. The van der Waals surface area contributed by atoms with Gasteiger partial charge in [-0.15, -0.1) is 0 Å². The van der Waals surface area contributed by atoms with E-state index in [0.717, 1.165) is 16.9 Å². The number of hydrogen-bond acceptors (Lipinski definition) is 3. The van der Waals surface area contributed by atoms with E-state index in [-0.39, 0.29) is 24.2 Å². The smallest absolute Gasteiger partial charge is 0.225 e. The van der Waals surface area contributed by atoms with E-state index in [4.69, 9.17) is 4.42 Å². The van der Waals surface area contributed by atoms with Crippen LogP contribution < -0.4 is 5.32 Å². The third-order valence-electron chi connectivity index (χ3n) is 4.46. The van der Waals surface area contributed by atoms with Gasteiger partial charge in [-0.05, 0) is 37.1 Å². The van der Waals surface area contributed by atoms with Gasteiger partial charge in [0.1, 0.15) is 5.76 Å². The normalized spacial score (nSPS) is 17.3. The number of carbonyl (C=O) groups excluding carboxylic acids is 2. The van der Waals surface area contributed by atoms with Crippen LogP contribution in [0.4, 0.5) is 0 Å². The first kappa shape index (κ1) is 16.3. The van der Waals surface area contributed by atoms with Crippen LogP contribution in [0.1, 0.15) is 28.9 Å². The van der Waals surface area contributed by atoms with Crippen molar-refractivity contribution in [3.63, 3.8) is 0 Å². The predicted octanol–water partition coefficient (Wildman–Crippen LogP) is 2.56. The molecule has 1 N–H and O–H groups in total. The molecule has 126 valence electrons. The molecule has 1 aromatic heterocycles. The van der Waals surface area contributed by atoms with Crippen molar-refractivity contribution in [1.82, 2.24) is 10.2 Å². The molecule has 1 saturated heterocycles. The van der Waals surface area contributed by atoms with Crippen molar-refractivity contribution in [2.75, 3.05) is 6.54 Å². The standard InChI is InChI=1S/C19H22N2O3/c1-13-5-6-15(14(2)8-13)10-20-19(23)16-9-18(22)21(11-16)12-17-4-3-7-24-17/h3-8,16H,9-12H2,1-2H3,(H,20,23)/t16-/m1/s1. The summed E-state index contributed by atoms with van der Waals surface area (Å²) in [5, 5.41) is 2.96. The van der Waals surface area contributed by atoms with Gasteiger partial charge in [0.2, 0.25) is 11.8 Å². The highest BCUT2D eigenvalue weighted by Crippen LogP contribution is 2.21. The number of carbonyl (C=O) groups is 2. The highest BCUT2D eigenvalue weighted by molar-refractivity contribution is 5.89. The van der Waals surface area contributed by atoms with E-state index in [1.807, 2.05) is 32.0 Å². The molecule has 1 atom stereocenters. The Morgan fingerprint density at radius 1 is 1.33 bits per heavy atom. The van der Waals surface area contributed by atoms with E-state index in [1.54, 1.807) is 17.2 Å². The Bertz CT molecular complexity index is 737. The van der Waals surface area contributed by atoms with Crippen molar-refractivity contribution in [1.29, 1.82) is 0 Å². The average molecular weight is 326 g/mol. The summed E-state index contributed by atoms with van der Waals surface area (Å²) in [5.41, 5.74) is 3.47. The summed E-state index contributed by atoms with van der Waals surface area (Å²) < 4.78 is 5.27. The predicted molar refractivity (Wildman–Crippen MR) is 90.0 cm³/mol. The number of furan rings is 1. The second-order valence-corrected chi connectivity index (χ2v) is 6.40. The van der Waals surface area contributed by atoms with Crippen LogP contribution >= 0.6 is 0 Å². The summed E-state index contributed by atoms with van der Waals surface area (Å²) >= 11 is 0. The lowest BCUT2D eigenvalue weighted by Crippen LogP contribution is -2.32. The maximum Gasteiger partial charge on any atom is 0.225 e. The van der Waals surface area contributed by atoms with Crippen LogP contribution in [0.2, 0.25) is 0 Å². The fourth-order valence-electron chi connectivity index (χ4n) is 3.06. The van der Waals surface area contributed by atoms with Gasteiger partial charge >= 0.3 is 0 Å². The molecule has 2 aromatic rings. The minimum atomic E-state index is -0.293. The van der Waals surface area contributed by atoms with E-state index in [1.165, 1.54) is 5.56 Å². The summed E-state index contributed by atoms with van der Waals surface area (Å²) in [6, 6.07) is 9.81. The molecule has 1 aromatic carbocycles. The van der Waals surface area contributed by atoms with Gasteiger partial charge in [0.05, 0.1) is 18.7 Å². The Morgan fingerprint density at radius 3 is 2.88 bits per heavy atom. The molecule has 3 rings (SSSR count). The van der Waals surface area contributed by atoms with Crippen LogP contribution in [-0.4, -0.2) is 23.3 Å². The zero-order chi connectivity index (χ0) is 17.1. The number of aryl methyl sites for hydroxylation is 2. The average Bonchev–Trinajstić information content (AvgIpc) is 3.17. The molecule has 24 heavy (non-hydrogen) atoms. The largest absolute Gasteiger partial charge is 0.467 e. The van der Waals surface area contributed by atoms with Crippen LogP contribution in [0.3, 0.4) is 0 Å². The summed E-state index contributed by atoms with van der Waals surface area (Å²) in [7, 11) is 0. The summed E-state index contributed by atoms with van der Waals surface area (Å²) in [6.07, 6.45) is 1.85. The number of nitrogens with zero attached hydrogens (tertiary/aromatic N) is 1. The van der Waals surface area contributed by atoms with Gasteiger partial charge in [0, 0.05) is 19.5 Å². The van der Waals surface area contributed by atoms with Crippen molar-refractivity contribution in [3.8, 4) is 0 Å². The number of amides is 2. The molecule has 2 amide bonds. The molecule has 0 radical (unpaired) electrons. The second kappa shape index (κ2) is 6.91. The summed E-state index contributed by atoms with van der Waals surface area (Å²) in [6.45, 7) is 5.45. The quantitative estimate of drug-likeness (QED) is 0.918. The third-order valence-corrected chi connectivity index (χ3v) is 4.46. The molecule has 0 aliphatic carbocycles. The third kappa shape index (κ3) is 3.67. The van der Waals surface area contributed by atoms with E-state index in [2.05, 4.69) is 11.4 Å². The molecular weight excluding hydrogens is 304 g/mol. The van der Waals surface area contributed by atoms with Gasteiger partial charge < -0.3 is 14.6 Å². The zero-order valence-corrected chi connectivity index (χ0v) is 14.0. The first-order valence-corrected chi connectivity index (χ1v) is 8.17. The van der Waals surface area contributed by atoms with Crippen LogP contribution in [0.5, 0.6) is 0 Å². The first-order valence-electron chi connectivity index (χ1n) is 8.17. The van der Waals surface area contributed by atoms with Gasteiger partial charge in [-0.25, -0.2) is 0 Å². The highest BCUT2D eigenvalue weighted by Gasteiger charge is 2.34. The monoisotopic (exact) mass is 326 g/mol. The van der Waals surface area contributed by atoms with E-state index < -0.39 is 0 Å². The van der Waals surface area contributed by atoms with Crippen LogP contribution in [-0.2, 0) is 22.7 Å². The van der Waals surface area contributed by atoms with Gasteiger partial charge in [-0.3, -0.25) is 9.59 Å². The Balaban J connectivity index is 1.55. The fraction of sp³-hybridized carbons (Fsp3) is 0.368. The van der Waals surface area contributed by atoms with E-state index in [0.29, 0.717) is 19.6 Å². The number of likely N-dealkylation sites (tertiary alicyclic amines) is 1. The maximum atomic E-state index is 12.4. The molecular formula is C19H22N2O3. The Morgan fingerprint density at radius 2 is 2.17 bits per heavy atom. The molecule has 0 spiro atoms. The fourth-order valence-corrected chi connectivity index (χ4v) is 3.06. The molecule has 1 fully saturated rings. The SMILES string of the molecule is Cc1ccc(CNC(=O)[C@@H]2CC(=O)N(Cc3ccco3)C2)c(C)c1. The van der Waals surface area contributed by atoms with Crippen molar-refractivity contribution in [2.24, 2.45) is 5.92 Å². The molecule has 0 bridgehead atoms. The summed E-state index contributed by atoms with van der Waals surface area (Å²) in [5.74, 6) is 0.376. The van der Waals surface area contributed by atoms with Crippen LogP contribution in [0.25, 0.3) is 0 Å². The molecule has 1 aliphatic heterocycles. The van der Waals surface area contributed by atoms with Gasteiger partial charge in [-0.1, -0.05) is 23.8 Å². The molecule has 5 heteroatoms. The van der Waals surface area contributed by atoms with Crippen molar-refractivity contribution in [3.05, 3.63) is 59.0 Å². The molecule has 0 saturated carbocycles. The van der Waals surface area contributed by atoms with Crippen molar-refractivity contribution < 1.29 is 14.0 Å². The number of rotatable bonds is 5. The zero-order valence-electron chi connectivity index (χ0n) is 14.0. The molecule has 5 nitrogen and oxygen atoms in total. The minimum Gasteiger partial charge on any atom is -0.467 e. The summed E-state index contributed by atoms with van der Waals surface area (Å²) in [4.78, 5) is 26.1. The highest BCUT2D eigenvalue weighted by atomic mass is 16.3. The number of benzene rings is 1. The van der Waals surface area contributed by atoms with E-state index in [9.17, 15) is 9.59 Å². The van der Waals surface area contributed by atoms with Crippen LogP contribution in [0, 0.1) is 19.8 Å². The van der Waals surface area contributed by atoms with Crippen LogP contribution in [0.15, 0.2) is 41.0 Å². The van der Waals surface area contributed by atoms with Crippen molar-refractivity contribution >= 4 is 11.8 Å². The Kier molecular flexibility index (Phi) is 4.69. The lowest BCUT2D eigenvalue weighted by Gasteiger charge is -2.15. The van der Waals surface area contributed by atoms with Gasteiger partial charge in [0.15, 0.2) is 0 Å². The lowest BCUT2D eigenvalue weighted by molar-refractivity contribution is -0.129. The van der Waals surface area contributed by atoms with Gasteiger partial charge in [-0.2, -0.15) is 0 Å². The first-order chi connectivity index (χ1) is 11.5. The van der Waals surface area contributed by atoms with Crippen molar-refractivity contribution in [2.45, 2.75) is 33.4 Å². The molecule has 0 unspecified atom stereocenters. The maximum absolute atomic E-state index is 12.4.